The van der Waals surface area contributed by atoms with Gasteiger partial charge < -0.3 is 10.6 Å². The topological polar surface area (TPSA) is 49.8 Å². The van der Waals surface area contributed by atoms with E-state index in [1.54, 1.807) is 18.2 Å². The van der Waals surface area contributed by atoms with Gasteiger partial charge in [-0.15, -0.1) is 0 Å². The van der Waals surface area contributed by atoms with E-state index in [0.717, 1.165) is 22.7 Å². The molecule has 1 aromatic heterocycles. The maximum absolute atomic E-state index is 13.8. The molecule has 0 saturated carbocycles. The Morgan fingerprint density at radius 1 is 1.04 bits per heavy atom. The second kappa shape index (κ2) is 7.94. The number of aryl methyl sites for hydroxylation is 1. The Kier molecular flexibility index (Phi) is 5.46. The molecule has 3 aromatic rings. The van der Waals surface area contributed by atoms with Crippen molar-refractivity contribution in [3.05, 3.63) is 76.7 Å². The number of hydrogen-bond donors (Lipinski definition) is 2. The summed E-state index contributed by atoms with van der Waals surface area (Å²) in [5.74, 6) is 0.701. The maximum atomic E-state index is 13.8. The van der Waals surface area contributed by atoms with Crippen LogP contribution in [-0.4, -0.2) is 16.5 Å². The van der Waals surface area contributed by atoms with Crippen molar-refractivity contribution in [2.45, 2.75) is 13.3 Å². The lowest BCUT2D eigenvalue weighted by atomic mass is 10.1. The van der Waals surface area contributed by atoms with Crippen LogP contribution in [0.1, 0.15) is 11.3 Å². The smallest absolute Gasteiger partial charge is 0.229 e. The van der Waals surface area contributed by atoms with Crippen LogP contribution in [0.25, 0.3) is 0 Å². The third kappa shape index (κ3) is 4.90. The summed E-state index contributed by atoms with van der Waals surface area (Å²) in [7, 11) is 0. The first-order valence-corrected chi connectivity index (χ1v) is 8.33. The third-order valence-electron chi connectivity index (χ3n) is 3.58. The van der Waals surface area contributed by atoms with Crippen LogP contribution in [0.3, 0.4) is 0 Å². The number of hydrogen-bond acceptors (Lipinski definition) is 4. The number of rotatable bonds is 6. The Morgan fingerprint density at radius 2 is 1.88 bits per heavy atom. The van der Waals surface area contributed by atoms with Crippen LogP contribution in [0.2, 0.25) is 5.02 Å². The monoisotopic (exact) mass is 356 g/mol. The number of aromatic nitrogens is 2. The normalized spacial score (nSPS) is 10.5. The molecule has 0 saturated heterocycles. The summed E-state index contributed by atoms with van der Waals surface area (Å²) in [6.07, 6.45) is 0.819. The molecule has 0 aliphatic carbocycles. The minimum Gasteiger partial charge on any atom is -0.370 e. The molecule has 0 unspecified atom stereocenters. The van der Waals surface area contributed by atoms with E-state index in [1.165, 1.54) is 6.07 Å². The molecule has 4 nitrogen and oxygen atoms in total. The number of nitrogens with one attached hydrogen (secondary N) is 2. The van der Waals surface area contributed by atoms with Crippen LogP contribution in [0.4, 0.5) is 21.8 Å². The fourth-order valence-corrected chi connectivity index (χ4v) is 2.64. The standard InChI is InChI=1S/C19H18ClFN4/c1-13-11-18(22-10-9-14-5-4-6-15(20)12-14)25-19(23-13)24-17-8-3-2-7-16(17)21/h2-8,11-12H,9-10H2,1H3,(H2,22,23,24,25). The summed E-state index contributed by atoms with van der Waals surface area (Å²) in [6, 6.07) is 16.0. The molecular formula is C19H18ClFN4. The zero-order valence-electron chi connectivity index (χ0n) is 13.8. The minimum absolute atomic E-state index is 0.344. The number of halogens is 2. The summed E-state index contributed by atoms with van der Waals surface area (Å²) in [4.78, 5) is 8.69. The van der Waals surface area contributed by atoms with Crippen LogP contribution in [0.15, 0.2) is 54.6 Å². The van der Waals surface area contributed by atoms with Gasteiger partial charge in [0, 0.05) is 23.3 Å². The molecule has 0 amide bonds. The number of benzene rings is 2. The van der Waals surface area contributed by atoms with E-state index in [2.05, 4.69) is 20.6 Å². The van der Waals surface area contributed by atoms with Crippen molar-refractivity contribution >= 4 is 29.1 Å². The molecule has 1 heterocycles. The van der Waals surface area contributed by atoms with Gasteiger partial charge in [-0.1, -0.05) is 35.9 Å². The molecule has 25 heavy (non-hydrogen) atoms. The van der Waals surface area contributed by atoms with Crippen LogP contribution >= 0.6 is 11.6 Å². The van der Waals surface area contributed by atoms with E-state index < -0.39 is 0 Å². The van der Waals surface area contributed by atoms with Crippen LogP contribution < -0.4 is 10.6 Å². The number of nitrogens with zero attached hydrogens (tertiary/aromatic N) is 2. The Hall–Kier alpha value is -2.66. The van der Waals surface area contributed by atoms with Gasteiger partial charge in [-0.05, 0) is 43.2 Å². The molecule has 0 atom stereocenters. The summed E-state index contributed by atoms with van der Waals surface area (Å²) in [6.45, 7) is 2.58. The first-order valence-electron chi connectivity index (χ1n) is 7.96. The molecule has 0 aliphatic heterocycles. The molecule has 6 heteroatoms. The molecule has 0 spiro atoms. The molecular weight excluding hydrogens is 339 g/mol. The summed E-state index contributed by atoms with van der Waals surface area (Å²) in [5.41, 5.74) is 2.28. The lowest BCUT2D eigenvalue weighted by Crippen LogP contribution is -2.09. The van der Waals surface area contributed by atoms with E-state index in [9.17, 15) is 4.39 Å². The SMILES string of the molecule is Cc1cc(NCCc2cccc(Cl)c2)nc(Nc2ccccc2F)n1. The Bertz CT molecular complexity index is 870. The summed E-state index contributed by atoms with van der Waals surface area (Å²) < 4.78 is 13.8. The van der Waals surface area contributed by atoms with Crippen molar-refractivity contribution in [1.82, 2.24) is 9.97 Å². The van der Waals surface area contributed by atoms with Gasteiger partial charge in [-0.3, -0.25) is 0 Å². The number of para-hydroxylation sites is 1. The molecule has 0 radical (unpaired) electrons. The molecule has 0 bridgehead atoms. The predicted molar refractivity (Wildman–Crippen MR) is 100 cm³/mol. The first kappa shape index (κ1) is 17.2. The largest absolute Gasteiger partial charge is 0.370 e. The van der Waals surface area contributed by atoms with Crippen LogP contribution in [0.5, 0.6) is 0 Å². The second-order valence-electron chi connectivity index (χ2n) is 5.63. The van der Waals surface area contributed by atoms with Crippen LogP contribution in [0, 0.1) is 12.7 Å². The van der Waals surface area contributed by atoms with Gasteiger partial charge in [0.15, 0.2) is 0 Å². The van der Waals surface area contributed by atoms with Gasteiger partial charge in [-0.25, -0.2) is 9.37 Å². The third-order valence-corrected chi connectivity index (χ3v) is 3.82. The molecule has 128 valence electrons. The van der Waals surface area contributed by atoms with Gasteiger partial charge in [0.1, 0.15) is 11.6 Å². The average Bonchev–Trinajstić information content (AvgIpc) is 2.57. The highest BCUT2D eigenvalue weighted by Crippen LogP contribution is 2.18. The van der Waals surface area contributed by atoms with Gasteiger partial charge in [-0.2, -0.15) is 4.98 Å². The lowest BCUT2D eigenvalue weighted by Gasteiger charge is -2.10. The zero-order valence-corrected chi connectivity index (χ0v) is 14.5. The highest BCUT2D eigenvalue weighted by atomic mass is 35.5. The molecule has 2 aromatic carbocycles. The van der Waals surface area contributed by atoms with E-state index in [0.29, 0.717) is 24.0 Å². The summed E-state index contributed by atoms with van der Waals surface area (Å²) in [5, 5.41) is 6.91. The maximum Gasteiger partial charge on any atom is 0.229 e. The van der Waals surface area contributed by atoms with Gasteiger partial charge >= 0.3 is 0 Å². The van der Waals surface area contributed by atoms with E-state index in [4.69, 9.17) is 11.6 Å². The van der Waals surface area contributed by atoms with Gasteiger partial charge in [0.2, 0.25) is 5.95 Å². The number of anilines is 3. The molecule has 3 rings (SSSR count). The lowest BCUT2D eigenvalue weighted by molar-refractivity contribution is 0.631. The highest BCUT2D eigenvalue weighted by Gasteiger charge is 2.06. The van der Waals surface area contributed by atoms with Crippen molar-refractivity contribution < 1.29 is 4.39 Å². The highest BCUT2D eigenvalue weighted by molar-refractivity contribution is 6.30. The second-order valence-corrected chi connectivity index (χ2v) is 6.07. The Morgan fingerprint density at radius 3 is 2.68 bits per heavy atom. The van der Waals surface area contributed by atoms with Crippen molar-refractivity contribution in [3.63, 3.8) is 0 Å². The molecule has 0 aliphatic rings. The van der Waals surface area contributed by atoms with Crippen molar-refractivity contribution in [1.29, 1.82) is 0 Å². The first-order chi connectivity index (χ1) is 12.1. The Balaban J connectivity index is 1.66. The van der Waals surface area contributed by atoms with Crippen molar-refractivity contribution in [3.8, 4) is 0 Å². The fraction of sp³-hybridized carbons (Fsp3) is 0.158. The zero-order chi connectivity index (χ0) is 17.6. The quantitative estimate of drug-likeness (QED) is 0.654. The van der Waals surface area contributed by atoms with Gasteiger partial charge in [0.05, 0.1) is 5.69 Å². The summed E-state index contributed by atoms with van der Waals surface area (Å²) >= 11 is 5.99. The fourth-order valence-electron chi connectivity index (χ4n) is 2.43. The van der Waals surface area contributed by atoms with E-state index >= 15 is 0 Å². The predicted octanol–water partition coefficient (Wildman–Crippen LogP) is 4.98. The van der Waals surface area contributed by atoms with E-state index in [1.807, 2.05) is 37.3 Å². The molecule has 0 fully saturated rings. The van der Waals surface area contributed by atoms with Crippen molar-refractivity contribution in [2.24, 2.45) is 0 Å². The van der Waals surface area contributed by atoms with Crippen LogP contribution in [-0.2, 0) is 6.42 Å². The average molecular weight is 357 g/mol. The van der Waals surface area contributed by atoms with Gasteiger partial charge in [0.25, 0.3) is 0 Å². The Labute approximate surface area is 151 Å². The minimum atomic E-state index is -0.344. The molecule has 2 N–H and O–H groups in total. The van der Waals surface area contributed by atoms with E-state index in [-0.39, 0.29) is 5.82 Å². The van der Waals surface area contributed by atoms with Crippen molar-refractivity contribution in [2.75, 3.05) is 17.2 Å².